The van der Waals surface area contributed by atoms with Crippen molar-refractivity contribution in [3.8, 4) is 0 Å². The van der Waals surface area contributed by atoms with E-state index in [1.807, 2.05) is 0 Å². The maximum Gasteiger partial charge on any atom is 0.0818 e. The number of aliphatic hydroxyl groups is 1. The van der Waals surface area contributed by atoms with E-state index in [-0.39, 0.29) is 6.10 Å². The number of hydrogen-bond donors (Lipinski definition) is 1. The molecule has 1 aliphatic carbocycles. The summed E-state index contributed by atoms with van der Waals surface area (Å²) in [5.41, 5.74) is 2.42. The average molecular weight is 190 g/mol. The molecule has 0 heterocycles. The van der Waals surface area contributed by atoms with Gasteiger partial charge in [-0.05, 0) is 35.8 Å². The van der Waals surface area contributed by atoms with Crippen LogP contribution in [-0.2, 0) is 0 Å². The molecule has 1 saturated carbocycles. The van der Waals surface area contributed by atoms with Crippen molar-refractivity contribution in [3.63, 3.8) is 0 Å². The Balaban J connectivity index is 2.12. The summed E-state index contributed by atoms with van der Waals surface area (Å²) in [5.74, 6) is 1.10. The fourth-order valence-corrected chi connectivity index (χ4v) is 1.76. The first kappa shape index (κ1) is 9.72. The molecule has 1 aromatic rings. The average Bonchev–Trinajstić information content (AvgIpc) is 3.00. The number of aliphatic hydroxyl groups excluding tert-OH is 1. The largest absolute Gasteiger partial charge is 0.388 e. The van der Waals surface area contributed by atoms with Crippen LogP contribution in [0.1, 0.15) is 49.8 Å². The molecule has 14 heavy (non-hydrogen) atoms. The highest BCUT2D eigenvalue weighted by atomic mass is 16.3. The normalized spacial score (nSPS) is 18.6. The van der Waals surface area contributed by atoms with Crippen LogP contribution in [0.25, 0.3) is 0 Å². The highest BCUT2D eigenvalue weighted by Crippen LogP contribution is 2.40. The van der Waals surface area contributed by atoms with Crippen molar-refractivity contribution in [3.05, 3.63) is 35.4 Å². The van der Waals surface area contributed by atoms with Crippen LogP contribution in [0.3, 0.4) is 0 Å². The van der Waals surface area contributed by atoms with Crippen molar-refractivity contribution in [1.29, 1.82) is 0 Å². The van der Waals surface area contributed by atoms with Gasteiger partial charge in [0, 0.05) is 0 Å². The smallest absolute Gasteiger partial charge is 0.0818 e. The maximum absolute atomic E-state index is 9.89. The molecule has 76 valence electrons. The van der Waals surface area contributed by atoms with Crippen molar-refractivity contribution in [1.82, 2.24) is 0 Å². The second-order valence-electron chi connectivity index (χ2n) is 4.60. The Kier molecular flexibility index (Phi) is 2.60. The molecule has 1 nitrogen and oxygen atoms in total. The molecule has 0 saturated heterocycles. The van der Waals surface area contributed by atoms with E-state index in [0.717, 1.165) is 5.56 Å². The molecular formula is C13H18O. The lowest BCUT2D eigenvalue weighted by Crippen LogP contribution is -1.99. The van der Waals surface area contributed by atoms with Gasteiger partial charge < -0.3 is 5.11 Å². The van der Waals surface area contributed by atoms with Crippen LogP contribution in [0.5, 0.6) is 0 Å². The first-order chi connectivity index (χ1) is 6.68. The fourth-order valence-electron chi connectivity index (χ4n) is 1.76. The quantitative estimate of drug-likeness (QED) is 0.775. The third-order valence-corrected chi connectivity index (χ3v) is 3.01. The van der Waals surface area contributed by atoms with Gasteiger partial charge in [-0.15, -0.1) is 0 Å². The van der Waals surface area contributed by atoms with Crippen molar-refractivity contribution in [2.24, 2.45) is 5.92 Å². The van der Waals surface area contributed by atoms with E-state index in [2.05, 4.69) is 38.1 Å². The van der Waals surface area contributed by atoms with Gasteiger partial charge >= 0.3 is 0 Å². The summed E-state index contributed by atoms with van der Waals surface area (Å²) in [6.45, 7) is 4.37. The molecule has 1 N–H and O–H groups in total. The summed E-state index contributed by atoms with van der Waals surface area (Å²) in [6.07, 6.45) is 2.15. The summed E-state index contributed by atoms with van der Waals surface area (Å²) in [7, 11) is 0. The fraction of sp³-hybridized carbons (Fsp3) is 0.538. The molecule has 1 heteroatoms. The molecular weight excluding hydrogens is 172 g/mol. The third kappa shape index (κ3) is 1.98. The van der Waals surface area contributed by atoms with Gasteiger partial charge in [0.05, 0.1) is 6.10 Å². The first-order valence-electron chi connectivity index (χ1n) is 5.46. The minimum Gasteiger partial charge on any atom is -0.388 e. The zero-order valence-electron chi connectivity index (χ0n) is 8.90. The summed E-state index contributed by atoms with van der Waals surface area (Å²) >= 11 is 0. The van der Waals surface area contributed by atoms with E-state index in [4.69, 9.17) is 0 Å². The summed E-state index contributed by atoms with van der Waals surface area (Å²) in [4.78, 5) is 0. The Bertz CT molecular complexity index is 296. The van der Waals surface area contributed by atoms with Gasteiger partial charge in [-0.25, -0.2) is 0 Å². The number of benzene rings is 1. The number of hydrogen-bond acceptors (Lipinski definition) is 1. The van der Waals surface area contributed by atoms with Gasteiger partial charge in [0.25, 0.3) is 0 Å². The van der Waals surface area contributed by atoms with Gasteiger partial charge in [-0.3, -0.25) is 0 Å². The van der Waals surface area contributed by atoms with Crippen molar-refractivity contribution in [2.45, 2.75) is 38.7 Å². The predicted molar refractivity (Wildman–Crippen MR) is 58.2 cm³/mol. The molecule has 0 amide bonds. The van der Waals surface area contributed by atoms with Crippen LogP contribution in [0.15, 0.2) is 24.3 Å². The Morgan fingerprint density at radius 1 is 1.07 bits per heavy atom. The third-order valence-electron chi connectivity index (χ3n) is 3.01. The van der Waals surface area contributed by atoms with Crippen LogP contribution in [0, 0.1) is 5.92 Å². The van der Waals surface area contributed by atoms with Crippen LogP contribution < -0.4 is 0 Å². The van der Waals surface area contributed by atoms with E-state index in [9.17, 15) is 5.11 Å². The molecule has 1 fully saturated rings. The predicted octanol–water partition coefficient (Wildman–Crippen LogP) is 3.25. The lowest BCUT2D eigenvalue weighted by molar-refractivity contribution is 0.154. The monoisotopic (exact) mass is 190 g/mol. The first-order valence-corrected chi connectivity index (χ1v) is 5.46. The van der Waals surface area contributed by atoms with E-state index < -0.39 is 0 Å². The van der Waals surface area contributed by atoms with Gasteiger partial charge in [-0.1, -0.05) is 38.1 Å². The Hall–Kier alpha value is -0.820. The standard InChI is InChI=1S/C13H18O/c1-9(2)10-3-5-11(6-4-10)13(14)12-7-8-12/h3-6,9,12-14H,7-8H2,1-2H3/t13-/m0/s1. The molecule has 0 aliphatic heterocycles. The van der Waals surface area contributed by atoms with Crippen molar-refractivity contribution < 1.29 is 5.11 Å². The lowest BCUT2D eigenvalue weighted by Gasteiger charge is -2.11. The second-order valence-corrected chi connectivity index (χ2v) is 4.60. The molecule has 0 aromatic heterocycles. The van der Waals surface area contributed by atoms with Crippen molar-refractivity contribution >= 4 is 0 Å². The summed E-state index contributed by atoms with van der Waals surface area (Å²) < 4.78 is 0. The SMILES string of the molecule is CC(C)c1ccc([C@H](O)C2CC2)cc1. The zero-order chi connectivity index (χ0) is 10.1. The van der Waals surface area contributed by atoms with Gasteiger partial charge in [0.1, 0.15) is 0 Å². The van der Waals surface area contributed by atoms with Crippen molar-refractivity contribution in [2.75, 3.05) is 0 Å². The van der Waals surface area contributed by atoms with E-state index >= 15 is 0 Å². The topological polar surface area (TPSA) is 20.2 Å². The molecule has 1 aliphatic rings. The van der Waals surface area contributed by atoms with Gasteiger partial charge in [0.15, 0.2) is 0 Å². The highest BCUT2D eigenvalue weighted by molar-refractivity contribution is 5.26. The van der Waals surface area contributed by atoms with E-state index in [1.54, 1.807) is 0 Å². The number of rotatable bonds is 3. The molecule has 1 atom stereocenters. The molecule has 0 bridgehead atoms. The Morgan fingerprint density at radius 2 is 1.57 bits per heavy atom. The Morgan fingerprint density at radius 3 is 2.00 bits per heavy atom. The van der Waals surface area contributed by atoms with Crippen LogP contribution in [0.4, 0.5) is 0 Å². The van der Waals surface area contributed by atoms with Gasteiger partial charge in [0.2, 0.25) is 0 Å². The minimum absolute atomic E-state index is 0.226. The zero-order valence-corrected chi connectivity index (χ0v) is 8.90. The van der Waals surface area contributed by atoms with E-state index in [1.165, 1.54) is 18.4 Å². The van der Waals surface area contributed by atoms with Gasteiger partial charge in [-0.2, -0.15) is 0 Å². The van der Waals surface area contributed by atoms with Crippen LogP contribution in [0.2, 0.25) is 0 Å². The van der Waals surface area contributed by atoms with Crippen LogP contribution >= 0.6 is 0 Å². The molecule has 0 unspecified atom stereocenters. The molecule has 2 rings (SSSR count). The highest BCUT2D eigenvalue weighted by Gasteiger charge is 2.30. The summed E-state index contributed by atoms with van der Waals surface area (Å²) in [5, 5.41) is 9.89. The van der Waals surface area contributed by atoms with Crippen LogP contribution in [-0.4, -0.2) is 5.11 Å². The lowest BCUT2D eigenvalue weighted by atomic mass is 9.99. The molecule has 1 aromatic carbocycles. The molecule has 0 spiro atoms. The minimum atomic E-state index is -0.226. The molecule has 0 radical (unpaired) electrons. The Labute approximate surface area is 85.8 Å². The second kappa shape index (κ2) is 3.74. The maximum atomic E-state index is 9.89. The summed E-state index contributed by atoms with van der Waals surface area (Å²) in [6, 6.07) is 8.40. The van der Waals surface area contributed by atoms with E-state index in [0.29, 0.717) is 11.8 Å².